The smallest absolute Gasteiger partial charge is 0.290 e. The molecule has 0 saturated heterocycles. The van der Waals surface area contributed by atoms with Crippen molar-refractivity contribution in [2.24, 2.45) is 0 Å². The highest BCUT2D eigenvalue weighted by atomic mass is 32.1. The number of ketones is 1. The molecular weight excluding hydrogens is 446 g/mol. The standard InChI is InChI=1S/C22H21N5O5S/c1-13-21(33-14(2)24-13)19(28)17-18(15-5-3-6-16(11-15)27(31)32)26(22(30)20(17)29)9-4-8-25-10-7-23-12-25/h3,5-7,10-12,18H,4,8-9H2,1-2H3,(H,28,29)/p+1. The summed E-state index contributed by atoms with van der Waals surface area (Å²) in [5.74, 6) is -1.80. The summed E-state index contributed by atoms with van der Waals surface area (Å²) in [6.07, 6.45) is 5.95. The van der Waals surface area contributed by atoms with E-state index in [0.29, 0.717) is 34.1 Å². The maximum Gasteiger partial charge on any atom is 0.290 e. The van der Waals surface area contributed by atoms with Crippen LogP contribution in [0.2, 0.25) is 0 Å². The minimum absolute atomic E-state index is 0.0819. The Morgan fingerprint density at radius 2 is 2.18 bits per heavy atom. The average molecular weight is 469 g/mol. The fraction of sp³-hybridized carbons (Fsp3) is 0.273. The van der Waals surface area contributed by atoms with Crippen molar-refractivity contribution >= 4 is 28.7 Å². The molecule has 11 heteroatoms. The molecule has 1 aromatic carbocycles. The lowest BCUT2D eigenvalue weighted by molar-refractivity contribution is -0.695. The molecule has 1 aliphatic rings. The van der Waals surface area contributed by atoms with Crippen LogP contribution >= 0.6 is 11.3 Å². The van der Waals surface area contributed by atoms with Crippen LogP contribution in [0.15, 0.2) is 54.3 Å². The zero-order chi connectivity index (χ0) is 23.7. The molecule has 0 aliphatic carbocycles. The summed E-state index contributed by atoms with van der Waals surface area (Å²) in [4.78, 5) is 46.3. The first-order valence-electron chi connectivity index (χ1n) is 10.3. The Kier molecular flexibility index (Phi) is 6.05. The van der Waals surface area contributed by atoms with Gasteiger partial charge in [0.25, 0.3) is 11.6 Å². The van der Waals surface area contributed by atoms with Gasteiger partial charge in [0.2, 0.25) is 12.1 Å². The third-order valence-electron chi connectivity index (χ3n) is 5.47. The fourth-order valence-corrected chi connectivity index (χ4v) is 4.89. The number of non-ortho nitro benzene ring substituents is 1. The number of imidazole rings is 1. The third kappa shape index (κ3) is 4.27. The Bertz CT molecular complexity index is 1260. The van der Waals surface area contributed by atoms with E-state index in [-0.39, 0.29) is 17.8 Å². The monoisotopic (exact) mass is 468 g/mol. The van der Waals surface area contributed by atoms with Gasteiger partial charge in [-0.15, -0.1) is 11.3 Å². The summed E-state index contributed by atoms with van der Waals surface area (Å²) in [5, 5.41) is 22.8. The molecule has 3 aromatic rings. The first-order chi connectivity index (χ1) is 15.8. The van der Waals surface area contributed by atoms with Crippen molar-refractivity contribution in [3.63, 3.8) is 0 Å². The first-order valence-corrected chi connectivity index (χ1v) is 11.1. The molecule has 0 spiro atoms. The molecule has 4 rings (SSSR count). The molecule has 1 amide bonds. The van der Waals surface area contributed by atoms with E-state index in [2.05, 4.69) is 9.97 Å². The summed E-state index contributed by atoms with van der Waals surface area (Å²) in [7, 11) is 0. The van der Waals surface area contributed by atoms with Gasteiger partial charge in [-0.1, -0.05) is 12.1 Å². The molecular formula is C22H22N5O5S+. The Balaban J connectivity index is 1.73. The summed E-state index contributed by atoms with van der Waals surface area (Å²) < 4.78 is 1.91. The molecule has 3 heterocycles. The van der Waals surface area contributed by atoms with Gasteiger partial charge in [0.15, 0.2) is 5.76 Å². The Morgan fingerprint density at radius 3 is 2.82 bits per heavy atom. The van der Waals surface area contributed by atoms with Crippen molar-refractivity contribution in [1.29, 1.82) is 0 Å². The normalized spacial score (nSPS) is 16.0. The second-order valence-electron chi connectivity index (χ2n) is 7.69. The van der Waals surface area contributed by atoms with Gasteiger partial charge in [0.1, 0.15) is 12.4 Å². The summed E-state index contributed by atoms with van der Waals surface area (Å²) in [5.41, 5.74) is 0.654. The molecule has 0 fully saturated rings. The molecule has 0 saturated carbocycles. The van der Waals surface area contributed by atoms with Crippen LogP contribution in [0.5, 0.6) is 0 Å². The predicted molar refractivity (Wildman–Crippen MR) is 119 cm³/mol. The number of H-pyrrole nitrogens is 1. The number of aromatic nitrogens is 3. The third-order valence-corrected chi connectivity index (χ3v) is 6.54. The number of hydrogen-bond acceptors (Lipinski definition) is 7. The van der Waals surface area contributed by atoms with Crippen LogP contribution < -0.4 is 4.57 Å². The lowest BCUT2D eigenvalue weighted by Gasteiger charge is -2.26. The predicted octanol–water partition coefficient (Wildman–Crippen LogP) is 2.95. The zero-order valence-electron chi connectivity index (χ0n) is 18.0. The van der Waals surface area contributed by atoms with E-state index in [4.69, 9.17) is 0 Å². The van der Waals surface area contributed by atoms with Gasteiger partial charge in [-0.25, -0.2) is 9.55 Å². The topological polar surface area (TPSA) is 133 Å². The minimum Gasteiger partial charge on any atom is -0.503 e. The van der Waals surface area contributed by atoms with Crippen molar-refractivity contribution in [2.75, 3.05) is 6.54 Å². The zero-order valence-corrected chi connectivity index (χ0v) is 18.8. The van der Waals surface area contributed by atoms with Crippen molar-refractivity contribution in [2.45, 2.75) is 32.9 Å². The summed E-state index contributed by atoms with van der Waals surface area (Å²) in [6.45, 7) is 4.31. The highest BCUT2D eigenvalue weighted by Gasteiger charge is 2.44. The van der Waals surface area contributed by atoms with Gasteiger partial charge in [0, 0.05) is 25.1 Å². The van der Waals surface area contributed by atoms with Crippen molar-refractivity contribution in [3.8, 4) is 0 Å². The molecule has 170 valence electrons. The van der Waals surface area contributed by atoms with E-state index < -0.39 is 28.4 Å². The van der Waals surface area contributed by atoms with Gasteiger partial charge in [0.05, 0.1) is 38.7 Å². The van der Waals surface area contributed by atoms with Gasteiger partial charge < -0.3 is 10.0 Å². The molecule has 0 radical (unpaired) electrons. The van der Waals surface area contributed by atoms with E-state index in [1.54, 1.807) is 32.4 Å². The van der Waals surface area contributed by atoms with E-state index in [0.717, 1.165) is 0 Å². The van der Waals surface area contributed by atoms with Crippen LogP contribution in [-0.4, -0.2) is 43.1 Å². The molecule has 2 N–H and O–H groups in total. The van der Waals surface area contributed by atoms with E-state index in [1.807, 2.05) is 10.8 Å². The van der Waals surface area contributed by atoms with Crippen molar-refractivity contribution < 1.29 is 24.2 Å². The van der Waals surface area contributed by atoms with Crippen molar-refractivity contribution in [3.05, 3.63) is 85.6 Å². The number of hydrogen-bond donors (Lipinski definition) is 2. The Labute approximate surface area is 193 Å². The quantitative estimate of drug-likeness (QED) is 0.226. The maximum atomic E-state index is 13.5. The number of benzene rings is 1. The highest BCUT2D eigenvalue weighted by molar-refractivity contribution is 7.14. The molecule has 10 nitrogen and oxygen atoms in total. The average Bonchev–Trinajstić information content (AvgIpc) is 3.48. The molecule has 33 heavy (non-hydrogen) atoms. The number of aliphatic hydroxyl groups is 1. The molecule has 1 atom stereocenters. The lowest BCUT2D eigenvalue weighted by Crippen LogP contribution is -2.36. The number of aryl methyl sites for hydroxylation is 3. The maximum absolute atomic E-state index is 13.5. The van der Waals surface area contributed by atoms with Crippen LogP contribution in [-0.2, 0) is 11.3 Å². The number of nitrogens with zero attached hydrogens (tertiary/aromatic N) is 4. The van der Waals surface area contributed by atoms with Gasteiger partial charge >= 0.3 is 0 Å². The number of thiazole rings is 1. The number of aromatic amines is 1. The molecule has 1 unspecified atom stereocenters. The number of carbonyl (C=O) groups excluding carboxylic acids is 2. The number of nitrogens with one attached hydrogen (secondary N) is 1. The fourth-order valence-electron chi connectivity index (χ4n) is 4.02. The molecule has 1 aliphatic heterocycles. The van der Waals surface area contributed by atoms with Crippen LogP contribution in [0.25, 0.3) is 0 Å². The van der Waals surface area contributed by atoms with Crippen LogP contribution in [0.3, 0.4) is 0 Å². The Hall–Kier alpha value is -3.86. The molecule has 0 bridgehead atoms. The lowest BCUT2D eigenvalue weighted by atomic mass is 9.94. The number of Topliss-reactive ketones (excluding diaryl/α,β-unsaturated/α-hetero) is 1. The minimum atomic E-state index is -0.942. The largest absolute Gasteiger partial charge is 0.503 e. The van der Waals surface area contributed by atoms with Gasteiger partial charge in [-0.05, 0) is 19.4 Å². The number of amides is 1. The first kappa shape index (κ1) is 22.3. The SMILES string of the molecule is Cc1nc(C)c(C(=O)C2=C(O)C(=O)N(CCC[n+]3cc[nH]c3)C2c2cccc([N+](=O)[O-])c2)s1. The number of aliphatic hydroxyl groups excluding tert-OH is 1. The van der Waals surface area contributed by atoms with Crippen LogP contribution in [0.4, 0.5) is 5.69 Å². The van der Waals surface area contributed by atoms with Gasteiger partial charge in [-0.2, -0.15) is 0 Å². The number of nitro groups is 1. The van der Waals surface area contributed by atoms with Crippen LogP contribution in [0, 0.1) is 24.0 Å². The van der Waals surface area contributed by atoms with E-state index in [1.165, 1.54) is 34.4 Å². The summed E-state index contributed by atoms with van der Waals surface area (Å²) in [6, 6.07) is 4.86. The number of nitro benzene ring substituents is 1. The van der Waals surface area contributed by atoms with E-state index >= 15 is 0 Å². The Morgan fingerprint density at radius 1 is 1.39 bits per heavy atom. The second-order valence-corrected chi connectivity index (χ2v) is 8.90. The molecule has 2 aromatic heterocycles. The van der Waals surface area contributed by atoms with Gasteiger partial charge in [-0.3, -0.25) is 24.7 Å². The highest BCUT2D eigenvalue weighted by Crippen LogP contribution is 2.40. The second kappa shape index (κ2) is 8.94. The van der Waals surface area contributed by atoms with Crippen LogP contribution in [0.1, 0.15) is 38.4 Å². The van der Waals surface area contributed by atoms with E-state index in [9.17, 15) is 24.8 Å². The van der Waals surface area contributed by atoms with Crippen molar-refractivity contribution in [1.82, 2.24) is 14.9 Å². The number of rotatable bonds is 8. The number of carbonyl (C=O) groups is 2. The summed E-state index contributed by atoms with van der Waals surface area (Å²) >= 11 is 1.18.